The number of nitrogens with two attached hydrogens (primary N) is 1. The molecule has 0 fully saturated rings. The van der Waals surface area contributed by atoms with Crippen molar-refractivity contribution in [3.8, 4) is 5.69 Å². The van der Waals surface area contributed by atoms with E-state index in [-0.39, 0.29) is 5.92 Å². The van der Waals surface area contributed by atoms with E-state index in [2.05, 4.69) is 5.10 Å². The van der Waals surface area contributed by atoms with E-state index in [1.54, 1.807) is 10.7 Å². The van der Waals surface area contributed by atoms with Gasteiger partial charge in [-0.3, -0.25) is 0 Å². The summed E-state index contributed by atoms with van der Waals surface area (Å²) >= 11 is 12.3. The number of rotatable bonds is 2. The summed E-state index contributed by atoms with van der Waals surface area (Å²) in [6, 6.07) is 7.38. The van der Waals surface area contributed by atoms with Crippen LogP contribution in [-0.2, 0) is 0 Å². The molecular formula is C12H13Cl2N3. The maximum Gasteiger partial charge on any atom is 0.146 e. The number of halogens is 2. The van der Waals surface area contributed by atoms with Gasteiger partial charge in [0, 0.05) is 0 Å². The molecule has 1 aromatic heterocycles. The van der Waals surface area contributed by atoms with E-state index < -0.39 is 0 Å². The fraction of sp³-hybridized carbons (Fsp3) is 0.250. The molecule has 0 saturated heterocycles. The molecule has 2 N–H and O–H groups in total. The normalized spacial score (nSPS) is 11.1. The lowest BCUT2D eigenvalue weighted by molar-refractivity contribution is 0.771. The summed E-state index contributed by atoms with van der Waals surface area (Å²) in [7, 11) is 0. The lowest BCUT2D eigenvalue weighted by Crippen LogP contribution is -2.02. The third-order valence-electron chi connectivity index (χ3n) is 2.51. The zero-order valence-corrected chi connectivity index (χ0v) is 11.1. The number of nitrogen functional groups attached to an aromatic ring is 1. The SMILES string of the molecule is CC(C)c1nn(-c2ccccc2Cl)c(N)c1Cl. The van der Waals surface area contributed by atoms with Gasteiger partial charge in [-0.1, -0.05) is 49.2 Å². The van der Waals surface area contributed by atoms with Crippen molar-refractivity contribution >= 4 is 29.0 Å². The molecule has 2 rings (SSSR count). The Morgan fingerprint density at radius 3 is 2.41 bits per heavy atom. The molecule has 1 aromatic carbocycles. The molecule has 5 heteroatoms. The Kier molecular flexibility index (Phi) is 3.31. The molecule has 0 unspecified atom stereocenters. The van der Waals surface area contributed by atoms with Crippen LogP contribution in [0, 0.1) is 0 Å². The van der Waals surface area contributed by atoms with Crippen molar-refractivity contribution in [1.29, 1.82) is 0 Å². The van der Waals surface area contributed by atoms with E-state index in [0.29, 0.717) is 15.9 Å². The van der Waals surface area contributed by atoms with Crippen LogP contribution in [0.1, 0.15) is 25.5 Å². The van der Waals surface area contributed by atoms with E-state index in [4.69, 9.17) is 28.9 Å². The highest BCUT2D eigenvalue weighted by molar-refractivity contribution is 6.34. The Hall–Kier alpha value is -1.19. The van der Waals surface area contributed by atoms with Gasteiger partial charge in [-0.25, -0.2) is 4.68 Å². The molecule has 0 saturated carbocycles. The molecule has 0 atom stereocenters. The number of para-hydroxylation sites is 1. The molecule has 0 aliphatic rings. The fourth-order valence-corrected chi connectivity index (χ4v) is 2.16. The number of aromatic nitrogens is 2. The van der Waals surface area contributed by atoms with Gasteiger partial charge in [-0.2, -0.15) is 5.10 Å². The molecule has 0 amide bonds. The average molecular weight is 270 g/mol. The van der Waals surface area contributed by atoms with Crippen LogP contribution < -0.4 is 5.73 Å². The Morgan fingerprint density at radius 2 is 1.88 bits per heavy atom. The van der Waals surface area contributed by atoms with E-state index in [9.17, 15) is 0 Å². The Balaban J connectivity index is 2.61. The highest BCUT2D eigenvalue weighted by Crippen LogP contribution is 2.32. The lowest BCUT2D eigenvalue weighted by Gasteiger charge is -2.05. The van der Waals surface area contributed by atoms with Crippen molar-refractivity contribution in [2.24, 2.45) is 0 Å². The van der Waals surface area contributed by atoms with E-state index in [0.717, 1.165) is 11.4 Å². The van der Waals surface area contributed by atoms with Gasteiger partial charge in [-0.05, 0) is 18.1 Å². The Morgan fingerprint density at radius 1 is 1.24 bits per heavy atom. The quantitative estimate of drug-likeness (QED) is 0.899. The van der Waals surface area contributed by atoms with E-state index in [1.807, 2.05) is 32.0 Å². The molecule has 0 bridgehead atoms. The van der Waals surface area contributed by atoms with Gasteiger partial charge in [0.25, 0.3) is 0 Å². The first kappa shape index (κ1) is 12.3. The predicted molar refractivity (Wildman–Crippen MR) is 72.1 cm³/mol. The monoisotopic (exact) mass is 269 g/mol. The zero-order chi connectivity index (χ0) is 12.6. The molecule has 0 aliphatic carbocycles. The molecule has 90 valence electrons. The van der Waals surface area contributed by atoms with Crippen molar-refractivity contribution in [3.63, 3.8) is 0 Å². The Labute approximate surface area is 110 Å². The molecular weight excluding hydrogens is 257 g/mol. The number of hydrogen-bond donors (Lipinski definition) is 1. The summed E-state index contributed by atoms with van der Waals surface area (Å²) in [6.45, 7) is 4.04. The highest BCUT2D eigenvalue weighted by atomic mass is 35.5. The van der Waals surface area contributed by atoms with Crippen LogP contribution in [-0.4, -0.2) is 9.78 Å². The smallest absolute Gasteiger partial charge is 0.146 e. The third-order valence-corrected chi connectivity index (χ3v) is 3.22. The first-order valence-electron chi connectivity index (χ1n) is 5.31. The van der Waals surface area contributed by atoms with Crippen LogP contribution in [0.2, 0.25) is 10.0 Å². The summed E-state index contributed by atoms with van der Waals surface area (Å²) in [6.07, 6.45) is 0. The van der Waals surface area contributed by atoms with Crippen molar-refractivity contribution in [2.75, 3.05) is 5.73 Å². The van der Waals surface area contributed by atoms with Gasteiger partial charge >= 0.3 is 0 Å². The molecule has 3 nitrogen and oxygen atoms in total. The molecule has 0 radical (unpaired) electrons. The van der Waals surface area contributed by atoms with Gasteiger partial charge in [0.2, 0.25) is 0 Å². The van der Waals surface area contributed by atoms with Crippen molar-refractivity contribution in [3.05, 3.63) is 40.0 Å². The molecule has 0 spiro atoms. The van der Waals surface area contributed by atoms with E-state index in [1.165, 1.54) is 0 Å². The molecule has 17 heavy (non-hydrogen) atoms. The average Bonchev–Trinajstić information content (AvgIpc) is 2.57. The summed E-state index contributed by atoms with van der Waals surface area (Å²) in [5, 5.41) is 5.51. The molecule has 0 aliphatic heterocycles. The standard InChI is InChI=1S/C12H13Cl2N3/c1-7(2)11-10(14)12(15)17(16-11)9-6-4-3-5-8(9)13/h3-7H,15H2,1-2H3. The summed E-state index contributed by atoms with van der Waals surface area (Å²) in [4.78, 5) is 0. The largest absolute Gasteiger partial charge is 0.382 e. The minimum Gasteiger partial charge on any atom is -0.382 e. The van der Waals surface area contributed by atoms with Gasteiger partial charge in [0.15, 0.2) is 0 Å². The summed E-state index contributed by atoms with van der Waals surface area (Å²) in [5.74, 6) is 0.636. The van der Waals surface area contributed by atoms with E-state index >= 15 is 0 Å². The number of hydrogen-bond acceptors (Lipinski definition) is 2. The van der Waals surface area contributed by atoms with Crippen LogP contribution in [0.5, 0.6) is 0 Å². The lowest BCUT2D eigenvalue weighted by atomic mass is 10.1. The van der Waals surface area contributed by atoms with Gasteiger partial charge in [-0.15, -0.1) is 0 Å². The third kappa shape index (κ3) is 2.13. The van der Waals surface area contributed by atoms with Gasteiger partial charge < -0.3 is 5.73 Å². The highest BCUT2D eigenvalue weighted by Gasteiger charge is 2.18. The summed E-state index contributed by atoms with van der Waals surface area (Å²) in [5.41, 5.74) is 7.47. The van der Waals surface area contributed by atoms with Crippen LogP contribution in [0.25, 0.3) is 5.69 Å². The minimum absolute atomic E-state index is 0.216. The van der Waals surface area contributed by atoms with Crippen molar-refractivity contribution < 1.29 is 0 Å². The van der Waals surface area contributed by atoms with Crippen LogP contribution in [0.3, 0.4) is 0 Å². The van der Waals surface area contributed by atoms with Gasteiger partial charge in [0.05, 0.1) is 16.4 Å². The van der Waals surface area contributed by atoms with Crippen LogP contribution >= 0.6 is 23.2 Å². The molecule has 1 heterocycles. The van der Waals surface area contributed by atoms with Crippen molar-refractivity contribution in [1.82, 2.24) is 9.78 Å². The second kappa shape index (κ2) is 4.59. The van der Waals surface area contributed by atoms with Crippen LogP contribution in [0.4, 0.5) is 5.82 Å². The Bertz CT molecular complexity index is 547. The zero-order valence-electron chi connectivity index (χ0n) is 9.61. The number of nitrogens with zero attached hydrogens (tertiary/aromatic N) is 2. The first-order chi connectivity index (χ1) is 8.02. The maximum atomic E-state index is 6.16. The predicted octanol–water partition coefficient (Wildman–Crippen LogP) is 3.88. The maximum absolute atomic E-state index is 6.16. The summed E-state index contributed by atoms with van der Waals surface area (Å²) < 4.78 is 1.58. The second-order valence-corrected chi connectivity index (χ2v) is 4.89. The fourth-order valence-electron chi connectivity index (χ4n) is 1.61. The topological polar surface area (TPSA) is 43.8 Å². The number of anilines is 1. The van der Waals surface area contributed by atoms with Gasteiger partial charge in [0.1, 0.15) is 10.8 Å². The second-order valence-electron chi connectivity index (χ2n) is 4.10. The minimum atomic E-state index is 0.216. The van der Waals surface area contributed by atoms with Crippen molar-refractivity contribution in [2.45, 2.75) is 19.8 Å². The number of benzene rings is 1. The van der Waals surface area contributed by atoms with Crippen LogP contribution in [0.15, 0.2) is 24.3 Å². The first-order valence-corrected chi connectivity index (χ1v) is 6.06. The molecule has 2 aromatic rings.